The number of nitrogen functional groups attached to an aromatic ring is 1. The van der Waals surface area contributed by atoms with Crippen molar-refractivity contribution < 1.29 is 4.74 Å². The summed E-state index contributed by atoms with van der Waals surface area (Å²) in [4.78, 5) is 0. The molecule has 0 atom stereocenters. The lowest BCUT2D eigenvalue weighted by atomic mass is 10.1. The average Bonchev–Trinajstić information content (AvgIpc) is 2.60. The maximum atomic E-state index is 5.72. The van der Waals surface area contributed by atoms with E-state index in [2.05, 4.69) is 10.2 Å². The van der Waals surface area contributed by atoms with Gasteiger partial charge in [-0.05, 0) is 31.5 Å². The number of aromatic nitrogens is 2. The van der Waals surface area contributed by atoms with Crippen LogP contribution in [0.3, 0.4) is 0 Å². The van der Waals surface area contributed by atoms with Crippen LogP contribution >= 0.6 is 0 Å². The van der Waals surface area contributed by atoms with Crippen LogP contribution in [0.25, 0.3) is 11.3 Å². The van der Waals surface area contributed by atoms with Crippen molar-refractivity contribution in [2.75, 3.05) is 12.8 Å². The number of ether oxygens (including phenoxy) is 1. The SMILES string of the molecule is COc1cc(N)ccc1-c1n[nH]c(C)c1C. The number of benzene rings is 1. The molecule has 2 rings (SSSR count). The van der Waals surface area contributed by atoms with Gasteiger partial charge in [-0.1, -0.05) is 0 Å². The molecule has 2 aromatic rings. The summed E-state index contributed by atoms with van der Waals surface area (Å²) in [7, 11) is 1.63. The Morgan fingerprint density at radius 1 is 1.31 bits per heavy atom. The number of nitrogens with one attached hydrogen (secondary N) is 1. The maximum Gasteiger partial charge on any atom is 0.130 e. The van der Waals surface area contributed by atoms with Crippen LogP contribution < -0.4 is 10.5 Å². The Morgan fingerprint density at radius 2 is 2.06 bits per heavy atom. The van der Waals surface area contributed by atoms with Crippen molar-refractivity contribution in [3.05, 3.63) is 29.5 Å². The lowest BCUT2D eigenvalue weighted by molar-refractivity contribution is 0.416. The van der Waals surface area contributed by atoms with E-state index in [4.69, 9.17) is 10.5 Å². The summed E-state index contributed by atoms with van der Waals surface area (Å²) in [6.45, 7) is 4.03. The number of hydrogen-bond acceptors (Lipinski definition) is 3. The molecule has 0 unspecified atom stereocenters. The van der Waals surface area contributed by atoms with Crippen molar-refractivity contribution in [3.8, 4) is 17.0 Å². The van der Waals surface area contributed by atoms with Gasteiger partial charge in [0, 0.05) is 23.0 Å². The number of anilines is 1. The fraction of sp³-hybridized carbons (Fsp3) is 0.250. The van der Waals surface area contributed by atoms with Crippen LogP contribution in [0.1, 0.15) is 11.3 Å². The predicted molar refractivity (Wildman–Crippen MR) is 64.5 cm³/mol. The zero-order valence-corrected chi connectivity index (χ0v) is 9.66. The third kappa shape index (κ3) is 1.62. The molecule has 4 nitrogen and oxygen atoms in total. The molecule has 84 valence electrons. The molecule has 0 aliphatic carbocycles. The van der Waals surface area contributed by atoms with Gasteiger partial charge in [-0.25, -0.2) is 0 Å². The van der Waals surface area contributed by atoms with E-state index in [-0.39, 0.29) is 0 Å². The summed E-state index contributed by atoms with van der Waals surface area (Å²) < 4.78 is 5.31. The molecule has 0 saturated carbocycles. The Bertz CT molecular complexity index is 517. The number of H-pyrrole nitrogens is 1. The maximum absolute atomic E-state index is 5.72. The van der Waals surface area contributed by atoms with Gasteiger partial charge in [-0.3, -0.25) is 5.10 Å². The molecule has 0 radical (unpaired) electrons. The number of rotatable bonds is 2. The number of aromatic amines is 1. The first kappa shape index (κ1) is 10.5. The minimum Gasteiger partial charge on any atom is -0.496 e. The van der Waals surface area contributed by atoms with E-state index in [1.165, 1.54) is 0 Å². The molecular formula is C12H15N3O. The van der Waals surface area contributed by atoms with Gasteiger partial charge in [-0.2, -0.15) is 5.10 Å². The predicted octanol–water partition coefficient (Wildman–Crippen LogP) is 2.28. The zero-order chi connectivity index (χ0) is 11.7. The van der Waals surface area contributed by atoms with Gasteiger partial charge in [0.1, 0.15) is 5.75 Å². The average molecular weight is 217 g/mol. The summed E-state index contributed by atoms with van der Waals surface area (Å²) in [6, 6.07) is 5.58. The van der Waals surface area contributed by atoms with Gasteiger partial charge in [0.2, 0.25) is 0 Å². The Labute approximate surface area is 94.4 Å². The summed E-state index contributed by atoms with van der Waals surface area (Å²) in [5, 5.41) is 7.24. The van der Waals surface area contributed by atoms with Crippen LogP contribution in [0.2, 0.25) is 0 Å². The van der Waals surface area contributed by atoms with Crippen LogP contribution in [0.4, 0.5) is 5.69 Å². The Hall–Kier alpha value is -1.97. The third-order valence-corrected chi connectivity index (χ3v) is 2.73. The second-order valence-corrected chi connectivity index (χ2v) is 3.78. The number of nitrogens with two attached hydrogens (primary N) is 1. The fourth-order valence-corrected chi connectivity index (χ4v) is 1.65. The van der Waals surface area contributed by atoms with E-state index >= 15 is 0 Å². The molecule has 4 heteroatoms. The van der Waals surface area contributed by atoms with Gasteiger partial charge in [-0.15, -0.1) is 0 Å². The molecule has 0 saturated heterocycles. The summed E-state index contributed by atoms with van der Waals surface area (Å²) in [5.74, 6) is 0.745. The molecular weight excluding hydrogens is 202 g/mol. The van der Waals surface area contributed by atoms with E-state index in [1.54, 1.807) is 13.2 Å². The normalized spacial score (nSPS) is 10.4. The van der Waals surface area contributed by atoms with Gasteiger partial charge in [0.05, 0.1) is 12.8 Å². The van der Waals surface area contributed by atoms with Gasteiger partial charge >= 0.3 is 0 Å². The van der Waals surface area contributed by atoms with Crippen LogP contribution in [-0.2, 0) is 0 Å². The summed E-state index contributed by atoms with van der Waals surface area (Å²) >= 11 is 0. The van der Waals surface area contributed by atoms with Crippen LogP contribution in [0, 0.1) is 13.8 Å². The molecule has 1 aromatic carbocycles. The minimum absolute atomic E-state index is 0.686. The highest BCUT2D eigenvalue weighted by Gasteiger charge is 2.12. The van der Waals surface area contributed by atoms with E-state index in [9.17, 15) is 0 Å². The van der Waals surface area contributed by atoms with Crippen molar-refractivity contribution >= 4 is 5.69 Å². The highest BCUT2D eigenvalue weighted by atomic mass is 16.5. The highest BCUT2D eigenvalue weighted by molar-refractivity contribution is 5.72. The topological polar surface area (TPSA) is 63.9 Å². The summed E-state index contributed by atoms with van der Waals surface area (Å²) in [6.07, 6.45) is 0. The largest absolute Gasteiger partial charge is 0.496 e. The second kappa shape index (κ2) is 3.89. The van der Waals surface area contributed by atoms with Crippen LogP contribution in [0.5, 0.6) is 5.75 Å². The van der Waals surface area contributed by atoms with Crippen LogP contribution in [-0.4, -0.2) is 17.3 Å². The number of hydrogen-bond donors (Lipinski definition) is 2. The fourth-order valence-electron chi connectivity index (χ4n) is 1.65. The smallest absolute Gasteiger partial charge is 0.130 e. The Kier molecular flexibility index (Phi) is 2.56. The number of methoxy groups -OCH3 is 1. The molecule has 0 amide bonds. The van der Waals surface area contributed by atoms with E-state index in [0.717, 1.165) is 28.3 Å². The zero-order valence-electron chi connectivity index (χ0n) is 9.66. The first-order valence-electron chi connectivity index (χ1n) is 5.09. The Morgan fingerprint density at radius 3 is 2.62 bits per heavy atom. The molecule has 1 aromatic heterocycles. The molecule has 0 bridgehead atoms. The van der Waals surface area contributed by atoms with E-state index in [1.807, 2.05) is 26.0 Å². The summed E-state index contributed by atoms with van der Waals surface area (Å²) in [5.41, 5.74) is 10.5. The van der Waals surface area contributed by atoms with Gasteiger partial charge in [0.25, 0.3) is 0 Å². The molecule has 1 heterocycles. The lowest BCUT2D eigenvalue weighted by Gasteiger charge is -2.07. The molecule has 16 heavy (non-hydrogen) atoms. The van der Waals surface area contributed by atoms with Crippen molar-refractivity contribution in [2.24, 2.45) is 0 Å². The van der Waals surface area contributed by atoms with Crippen LogP contribution in [0.15, 0.2) is 18.2 Å². The standard InChI is InChI=1S/C12H15N3O/c1-7-8(2)14-15-12(7)10-5-4-9(13)6-11(10)16-3/h4-6H,13H2,1-3H3,(H,14,15). The number of aryl methyl sites for hydroxylation is 1. The molecule has 0 spiro atoms. The first-order chi connectivity index (χ1) is 7.63. The van der Waals surface area contributed by atoms with Crippen molar-refractivity contribution in [1.82, 2.24) is 10.2 Å². The van der Waals surface area contributed by atoms with E-state index in [0.29, 0.717) is 5.69 Å². The Balaban J connectivity index is 2.59. The highest BCUT2D eigenvalue weighted by Crippen LogP contribution is 2.32. The van der Waals surface area contributed by atoms with Gasteiger partial charge in [0.15, 0.2) is 0 Å². The monoisotopic (exact) mass is 217 g/mol. The number of nitrogens with zero attached hydrogens (tertiary/aromatic N) is 1. The van der Waals surface area contributed by atoms with Crippen molar-refractivity contribution in [2.45, 2.75) is 13.8 Å². The van der Waals surface area contributed by atoms with E-state index < -0.39 is 0 Å². The lowest BCUT2D eigenvalue weighted by Crippen LogP contribution is -1.92. The second-order valence-electron chi connectivity index (χ2n) is 3.78. The molecule has 0 aliphatic heterocycles. The molecule has 0 aliphatic rings. The molecule has 0 fully saturated rings. The molecule has 3 N–H and O–H groups in total. The third-order valence-electron chi connectivity index (χ3n) is 2.73. The van der Waals surface area contributed by atoms with Crippen molar-refractivity contribution in [3.63, 3.8) is 0 Å². The van der Waals surface area contributed by atoms with Gasteiger partial charge < -0.3 is 10.5 Å². The van der Waals surface area contributed by atoms with Crippen molar-refractivity contribution in [1.29, 1.82) is 0 Å². The first-order valence-corrected chi connectivity index (χ1v) is 5.09. The quantitative estimate of drug-likeness (QED) is 0.758. The minimum atomic E-state index is 0.686.